The van der Waals surface area contributed by atoms with Crippen LogP contribution in [-0.2, 0) is 0 Å². The molecule has 1 aliphatic heterocycles. The minimum atomic E-state index is -0.896. The van der Waals surface area contributed by atoms with Gasteiger partial charge in [0.2, 0.25) is 11.6 Å². The molecule has 1 aromatic heterocycles. The Morgan fingerprint density at radius 1 is 0.973 bits per heavy atom. The standard InChI is InChI=1S/C23H13F2N5O6S/c24-15-3-6-18(17(25)8-15)27-23-28(20(11-37-23)13-1-4-16(5-2-13)29(31)32)26-10-14-7-21-22(36-12-35-21)9-19(14)30(33)34/h1-11H,12H2. The molecule has 186 valence electrons. The van der Waals surface area contributed by atoms with Crippen molar-refractivity contribution in [3.8, 4) is 22.8 Å². The van der Waals surface area contributed by atoms with E-state index < -0.39 is 21.5 Å². The number of non-ortho nitro benzene ring substituents is 1. The first-order valence-corrected chi connectivity index (χ1v) is 11.3. The number of thiazole rings is 1. The highest BCUT2D eigenvalue weighted by Gasteiger charge is 2.23. The molecule has 11 nitrogen and oxygen atoms in total. The number of rotatable bonds is 6. The van der Waals surface area contributed by atoms with E-state index in [1.807, 2.05) is 0 Å². The number of hydrogen-bond acceptors (Lipinski definition) is 9. The Morgan fingerprint density at radius 3 is 2.38 bits per heavy atom. The topological polar surface area (TPSA) is 134 Å². The van der Waals surface area contributed by atoms with Gasteiger partial charge in [0, 0.05) is 29.1 Å². The molecule has 2 heterocycles. The first kappa shape index (κ1) is 23.7. The van der Waals surface area contributed by atoms with Crippen LogP contribution >= 0.6 is 11.3 Å². The zero-order valence-corrected chi connectivity index (χ0v) is 19.2. The Hall–Kier alpha value is -4.98. The molecule has 5 rings (SSSR count). The number of nitrogens with zero attached hydrogens (tertiary/aromatic N) is 5. The number of benzene rings is 3. The largest absolute Gasteiger partial charge is 0.454 e. The molecule has 0 saturated carbocycles. The molecule has 4 aromatic rings. The van der Waals surface area contributed by atoms with Crippen LogP contribution in [0.15, 0.2) is 70.1 Å². The van der Waals surface area contributed by atoms with Crippen molar-refractivity contribution in [3.63, 3.8) is 0 Å². The minimum absolute atomic E-state index is 0.0804. The fraction of sp³-hybridized carbons (Fsp3) is 0.0435. The Bertz CT molecular complexity index is 1650. The summed E-state index contributed by atoms with van der Waals surface area (Å²) in [6.45, 7) is -0.0804. The summed E-state index contributed by atoms with van der Waals surface area (Å²) < 4.78 is 39.5. The average molecular weight is 525 g/mol. The molecule has 3 aromatic carbocycles. The maximum atomic E-state index is 14.3. The van der Waals surface area contributed by atoms with Crippen LogP contribution < -0.4 is 14.3 Å². The zero-order valence-electron chi connectivity index (χ0n) is 18.4. The van der Waals surface area contributed by atoms with E-state index in [2.05, 4.69) is 10.1 Å². The van der Waals surface area contributed by atoms with E-state index in [4.69, 9.17) is 9.47 Å². The smallest absolute Gasteiger partial charge is 0.282 e. The predicted molar refractivity (Wildman–Crippen MR) is 128 cm³/mol. The van der Waals surface area contributed by atoms with Crippen molar-refractivity contribution in [1.29, 1.82) is 0 Å². The second kappa shape index (κ2) is 9.58. The van der Waals surface area contributed by atoms with Gasteiger partial charge in [0.1, 0.15) is 11.5 Å². The maximum absolute atomic E-state index is 14.3. The number of hydrogen-bond donors (Lipinski definition) is 0. The molecule has 0 bridgehead atoms. The van der Waals surface area contributed by atoms with Crippen LogP contribution in [0.3, 0.4) is 0 Å². The number of ether oxygens (including phenoxy) is 2. The highest BCUT2D eigenvalue weighted by atomic mass is 32.1. The van der Waals surface area contributed by atoms with Crippen molar-refractivity contribution in [1.82, 2.24) is 4.68 Å². The number of nitro groups is 2. The third-order valence-electron chi connectivity index (χ3n) is 5.22. The first-order chi connectivity index (χ1) is 17.8. The van der Waals surface area contributed by atoms with E-state index in [1.165, 1.54) is 47.3 Å². The summed E-state index contributed by atoms with van der Waals surface area (Å²) >= 11 is 1.06. The molecule has 1 aliphatic rings. The van der Waals surface area contributed by atoms with Crippen LogP contribution in [0.1, 0.15) is 5.56 Å². The fourth-order valence-corrected chi connectivity index (χ4v) is 4.29. The van der Waals surface area contributed by atoms with E-state index in [0.29, 0.717) is 23.1 Å². The van der Waals surface area contributed by atoms with Crippen molar-refractivity contribution in [2.45, 2.75) is 0 Å². The summed E-state index contributed by atoms with van der Waals surface area (Å²) in [5.41, 5.74) is 0.464. The van der Waals surface area contributed by atoms with E-state index in [-0.39, 0.29) is 40.0 Å². The maximum Gasteiger partial charge on any atom is 0.282 e. The second-order valence-electron chi connectivity index (χ2n) is 7.49. The normalized spacial score (nSPS) is 12.9. The van der Waals surface area contributed by atoms with Gasteiger partial charge < -0.3 is 9.47 Å². The molecule has 37 heavy (non-hydrogen) atoms. The lowest BCUT2D eigenvalue weighted by Gasteiger charge is -2.05. The van der Waals surface area contributed by atoms with Crippen LogP contribution in [0, 0.1) is 31.9 Å². The number of nitro benzene ring substituents is 2. The molecule has 0 N–H and O–H groups in total. The molecule has 0 spiro atoms. The quantitative estimate of drug-likeness (QED) is 0.194. The molecule has 0 saturated heterocycles. The highest BCUT2D eigenvalue weighted by Crippen LogP contribution is 2.37. The van der Waals surface area contributed by atoms with Crippen LogP contribution in [0.4, 0.5) is 25.8 Å². The van der Waals surface area contributed by atoms with E-state index >= 15 is 0 Å². The molecular weight excluding hydrogens is 512 g/mol. The Balaban J connectivity index is 1.66. The fourth-order valence-electron chi connectivity index (χ4n) is 3.44. The van der Waals surface area contributed by atoms with E-state index in [9.17, 15) is 29.0 Å². The van der Waals surface area contributed by atoms with Gasteiger partial charge in [-0.25, -0.2) is 18.4 Å². The van der Waals surface area contributed by atoms with Crippen molar-refractivity contribution in [2.75, 3.05) is 6.79 Å². The molecule has 0 radical (unpaired) electrons. The van der Waals surface area contributed by atoms with Gasteiger partial charge in [-0.15, -0.1) is 11.3 Å². The van der Waals surface area contributed by atoms with Gasteiger partial charge in [0.05, 0.1) is 33.4 Å². The van der Waals surface area contributed by atoms with Crippen LogP contribution in [0.25, 0.3) is 11.3 Å². The lowest BCUT2D eigenvalue weighted by atomic mass is 10.1. The summed E-state index contributed by atoms with van der Waals surface area (Å²) in [7, 11) is 0. The molecule has 0 unspecified atom stereocenters. The third kappa shape index (κ3) is 4.77. The second-order valence-corrected chi connectivity index (χ2v) is 8.33. The molecule has 0 amide bonds. The van der Waals surface area contributed by atoms with Gasteiger partial charge in [0.25, 0.3) is 11.4 Å². The summed E-state index contributed by atoms with van der Waals surface area (Å²) in [5, 5.41) is 28.7. The van der Waals surface area contributed by atoms with Gasteiger partial charge >= 0.3 is 0 Å². The average Bonchev–Trinajstić information content (AvgIpc) is 3.50. The van der Waals surface area contributed by atoms with Gasteiger partial charge in [-0.3, -0.25) is 20.2 Å². The van der Waals surface area contributed by atoms with Gasteiger partial charge in [-0.05, 0) is 30.3 Å². The van der Waals surface area contributed by atoms with E-state index in [1.54, 1.807) is 5.38 Å². The van der Waals surface area contributed by atoms with Gasteiger partial charge in [-0.1, -0.05) is 0 Å². The molecule has 0 aliphatic carbocycles. The van der Waals surface area contributed by atoms with Crippen LogP contribution in [-0.4, -0.2) is 27.5 Å². The lowest BCUT2D eigenvalue weighted by Crippen LogP contribution is -2.12. The van der Waals surface area contributed by atoms with Crippen LogP contribution in [0.5, 0.6) is 11.5 Å². The molecule has 0 fully saturated rings. The summed E-state index contributed by atoms with van der Waals surface area (Å²) in [6, 6.07) is 11.1. The number of fused-ring (bicyclic) bond motifs is 1. The van der Waals surface area contributed by atoms with Crippen molar-refractivity contribution in [2.24, 2.45) is 10.1 Å². The Kier molecular flexibility index (Phi) is 6.15. The summed E-state index contributed by atoms with van der Waals surface area (Å²) in [5.74, 6) is -1.14. The predicted octanol–water partition coefficient (Wildman–Crippen LogP) is 5.15. The molecule has 0 atom stereocenters. The third-order valence-corrected chi connectivity index (χ3v) is 6.03. The van der Waals surface area contributed by atoms with Crippen molar-refractivity contribution >= 4 is 34.6 Å². The molecular formula is C23H13F2N5O6S. The Labute approximate surface area is 209 Å². The number of halogens is 2. The Morgan fingerprint density at radius 2 is 1.70 bits per heavy atom. The monoisotopic (exact) mass is 525 g/mol. The van der Waals surface area contributed by atoms with Gasteiger partial charge in [0.15, 0.2) is 17.3 Å². The lowest BCUT2D eigenvalue weighted by molar-refractivity contribution is -0.385. The number of aromatic nitrogens is 1. The summed E-state index contributed by atoms with van der Waals surface area (Å²) in [4.78, 5) is 25.9. The van der Waals surface area contributed by atoms with Gasteiger partial charge in [-0.2, -0.15) is 5.10 Å². The minimum Gasteiger partial charge on any atom is -0.454 e. The van der Waals surface area contributed by atoms with Crippen molar-refractivity contribution < 1.29 is 28.1 Å². The van der Waals surface area contributed by atoms with E-state index in [0.717, 1.165) is 23.5 Å². The van der Waals surface area contributed by atoms with Crippen LogP contribution in [0.2, 0.25) is 0 Å². The summed E-state index contributed by atoms with van der Waals surface area (Å²) in [6.07, 6.45) is 1.21. The SMILES string of the molecule is O=[N+]([O-])c1ccc(-c2csc(=Nc3ccc(F)cc3F)n2N=Cc2cc3c(cc2[N+](=O)[O-])OCO3)cc1. The van der Waals surface area contributed by atoms with Crippen molar-refractivity contribution in [3.05, 3.63) is 102 Å². The zero-order chi connectivity index (χ0) is 26.1. The highest BCUT2D eigenvalue weighted by molar-refractivity contribution is 7.07. The first-order valence-electron chi connectivity index (χ1n) is 10.4. The molecule has 14 heteroatoms.